The monoisotopic (exact) mass is 419 g/mol. The fraction of sp³-hybridized carbons (Fsp3) is 0.320. The highest BCUT2D eigenvalue weighted by Gasteiger charge is 2.53. The lowest BCUT2D eigenvalue weighted by Crippen LogP contribution is -2.36. The van der Waals surface area contributed by atoms with Gasteiger partial charge in [0.1, 0.15) is 5.82 Å². The van der Waals surface area contributed by atoms with Crippen LogP contribution in [0.15, 0.2) is 54.9 Å². The summed E-state index contributed by atoms with van der Waals surface area (Å²) < 4.78 is 13.2. The summed E-state index contributed by atoms with van der Waals surface area (Å²) in [7, 11) is 0. The van der Waals surface area contributed by atoms with E-state index in [1.807, 2.05) is 25.1 Å². The zero-order chi connectivity index (χ0) is 22.4. The van der Waals surface area contributed by atoms with E-state index in [1.165, 1.54) is 24.3 Å². The standard InChI is InChI=1S/C25H26FN3O2/c1-15-12-25(15,29-23(30)17-5-8-19(26)9-6-17)18-7-10-22(28-13-18)20-14-27-16(2)11-21(20)24(3,4)31/h5-11,13-15,31H,12H2,1-4H3,(H,29,30)/t15-,25-/m1/s1. The molecule has 4 rings (SSSR count). The number of rotatable bonds is 5. The Morgan fingerprint density at radius 2 is 1.84 bits per heavy atom. The molecule has 0 aliphatic heterocycles. The Bertz CT molecular complexity index is 1120. The number of nitrogens with one attached hydrogen (secondary N) is 1. The largest absolute Gasteiger partial charge is 0.386 e. The number of carbonyl (C=O) groups excluding carboxylic acids is 1. The SMILES string of the molecule is Cc1cc(C(C)(C)O)c(-c2ccc([C@@]3(NC(=O)c4ccc(F)cc4)C[C@H]3C)cn2)cn1. The van der Waals surface area contributed by atoms with Gasteiger partial charge in [-0.2, -0.15) is 0 Å². The summed E-state index contributed by atoms with van der Waals surface area (Å²) in [6.07, 6.45) is 4.32. The number of nitrogens with zero attached hydrogens (tertiary/aromatic N) is 2. The predicted octanol–water partition coefficient (Wildman–Crippen LogP) is 4.48. The molecule has 1 aliphatic carbocycles. The van der Waals surface area contributed by atoms with Crippen molar-refractivity contribution >= 4 is 5.91 Å². The highest BCUT2D eigenvalue weighted by atomic mass is 19.1. The van der Waals surface area contributed by atoms with Crippen molar-refractivity contribution in [2.45, 2.75) is 45.3 Å². The molecule has 0 radical (unpaired) electrons. The Labute approximate surface area is 181 Å². The van der Waals surface area contributed by atoms with Crippen LogP contribution in [0.1, 0.15) is 54.4 Å². The van der Waals surface area contributed by atoms with Gasteiger partial charge >= 0.3 is 0 Å². The molecule has 2 aromatic heterocycles. The van der Waals surface area contributed by atoms with E-state index in [0.29, 0.717) is 11.3 Å². The summed E-state index contributed by atoms with van der Waals surface area (Å²) in [6.45, 7) is 7.45. The molecule has 31 heavy (non-hydrogen) atoms. The molecule has 160 valence electrons. The van der Waals surface area contributed by atoms with Crippen LogP contribution in [0.3, 0.4) is 0 Å². The molecule has 0 saturated heterocycles. The molecule has 3 aromatic rings. The molecular weight excluding hydrogens is 393 g/mol. The van der Waals surface area contributed by atoms with Gasteiger partial charge in [-0.05, 0) is 80.6 Å². The quantitative estimate of drug-likeness (QED) is 0.639. The maximum absolute atomic E-state index is 13.2. The average Bonchev–Trinajstić information content (AvgIpc) is 3.38. The van der Waals surface area contributed by atoms with Crippen LogP contribution in [0.2, 0.25) is 0 Å². The van der Waals surface area contributed by atoms with Crippen molar-refractivity contribution in [1.29, 1.82) is 0 Å². The van der Waals surface area contributed by atoms with Crippen molar-refractivity contribution in [3.05, 3.63) is 83.1 Å². The maximum Gasteiger partial charge on any atom is 0.251 e. The Morgan fingerprint density at radius 1 is 1.16 bits per heavy atom. The average molecular weight is 420 g/mol. The molecule has 2 heterocycles. The third-order valence-corrected chi connectivity index (χ3v) is 6.01. The number of hydrogen-bond acceptors (Lipinski definition) is 4. The van der Waals surface area contributed by atoms with Gasteiger partial charge in [0.05, 0.1) is 16.8 Å². The zero-order valence-electron chi connectivity index (χ0n) is 18.1. The van der Waals surface area contributed by atoms with Gasteiger partial charge in [0.15, 0.2) is 0 Å². The Morgan fingerprint density at radius 3 is 2.39 bits per heavy atom. The fourth-order valence-corrected chi connectivity index (χ4v) is 4.04. The molecule has 2 N–H and O–H groups in total. The molecular formula is C25H26FN3O2. The molecule has 6 heteroatoms. The van der Waals surface area contributed by atoms with Gasteiger partial charge in [-0.3, -0.25) is 14.8 Å². The predicted molar refractivity (Wildman–Crippen MR) is 117 cm³/mol. The minimum Gasteiger partial charge on any atom is -0.386 e. The van der Waals surface area contributed by atoms with Crippen molar-refractivity contribution in [3.8, 4) is 11.3 Å². The van der Waals surface area contributed by atoms with Crippen molar-refractivity contribution in [3.63, 3.8) is 0 Å². The van der Waals surface area contributed by atoms with Gasteiger partial charge in [-0.25, -0.2) is 4.39 Å². The van der Waals surface area contributed by atoms with Crippen LogP contribution in [0, 0.1) is 18.7 Å². The highest BCUT2D eigenvalue weighted by molar-refractivity contribution is 5.95. The van der Waals surface area contributed by atoms with Crippen LogP contribution >= 0.6 is 0 Å². The van der Waals surface area contributed by atoms with E-state index in [2.05, 4.69) is 22.2 Å². The van der Waals surface area contributed by atoms with Crippen LogP contribution in [0.4, 0.5) is 4.39 Å². The van der Waals surface area contributed by atoms with Crippen molar-refractivity contribution in [2.75, 3.05) is 0 Å². The van der Waals surface area contributed by atoms with Crippen molar-refractivity contribution in [2.24, 2.45) is 5.92 Å². The normalized spacial score (nSPS) is 20.4. The highest BCUT2D eigenvalue weighted by Crippen LogP contribution is 2.51. The minimum atomic E-state index is -1.03. The third-order valence-electron chi connectivity index (χ3n) is 6.01. The number of hydrogen-bond donors (Lipinski definition) is 2. The first-order chi connectivity index (χ1) is 14.6. The first-order valence-corrected chi connectivity index (χ1v) is 10.3. The number of aliphatic hydroxyl groups is 1. The number of amides is 1. The van der Waals surface area contributed by atoms with E-state index in [1.54, 1.807) is 26.2 Å². The van der Waals surface area contributed by atoms with Crippen molar-refractivity contribution in [1.82, 2.24) is 15.3 Å². The van der Waals surface area contributed by atoms with E-state index in [4.69, 9.17) is 0 Å². The summed E-state index contributed by atoms with van der Waals surface area (Å²) in [5, 5.41) is 13.7. The molecule has 0 spiro atoms. The van der Waals surface area contributed by atoms with E-state index < -0.39 is 11.1 Å². The number of pyridine rings is 2. The summed E-state index contributed by atoms with van der Waals surface area (Å²) in [4.78, 5) is 21.7. The summed E-state index contributed by atoms with van der Waals surface area (Å²) in [5.74, 6) is -0.347. The number of aryl methyl sites for hydroxylation is 1. The number of carbonyl (C=O) groups is 1. The van der Waals surface area contributed by atoms with Crippen LogP contribution in [0.25, 0.3) is 11.3 Å². The van der Waals surface area contributed by atoms with E-state index in [-0.39, 0.29) is 17.6 Å². The molecule has 2 atom stereocenters. The topological polar surface area (TPSA) is 75.1 Å². The van der Waals surface area contributed by atoms with Gasteiger partial charge in [0.2, 0.25) is 0 Å². The maximum atomic E-state index is 13.2. The Balaban J connectivity index is 1.62. The second-order valence-electron chi connectivity index (χ2n) is 8.90. The molecule has 1 aromatic carbocycles. The lowest BCUT2D eigenvalue weighted by molar-refractivity contribution is 0.0790. The Kier molecular flexibility index (Phi) is 5.13. The van der Waals surface area contributed by atoms with E-state index in [0.717, 1.165) is 28.8 Å². The summed E-state index contributed by atoms with van der Waals surface area (Å²) >= 11 is 0. The van der Waals surface area contributed by atoms with Gasteiger partial charge in [-0.15, -0.1) is 0 Å². The van der Waals surface area contributed by atoms with Crippen LogP contribution in [-0.2, 0) is 11.1 Å². The van der Waals surface area contributed by atoms with Crippen LogP contribution in [-0.4, -0.2) is 21.0 Å². The van der Waals surface area contributed by atoms with Gasteiger partial charge < -0.3 is 10.4 Å². The second-order valence-corrected chi connectivity index (χ2v) is 8.90. The first kappa shape index (κ1) is 21.1. The molecule has 1 fully saturated rings. The van der Waals surface area contributed by atoms with Crippen LogP contribution < -0.4 is 5.32 Å². The van der Waals surface area contributed by atoms with E-state index >= 15 is 0 Å². The molecule has 5 nitrogen and oxygen atoms in total. The van der Waals surface area contributed by atoms with Gasteiger partial charge in [-0.1, -0.05) is 13.0 Å². The summed E-state index contributed by atoms with van der Waals surface area (Å²) in [6, 6.07) is 11.3. The lowest BCUT2D eigenvalue weighted by atomic mass is 9.92. The Hall–Kier alpha value is -3.12. The first-order valence-electron chi connectivity index (χ1n) is 10.3. The number of halogens is 1. The molecule has 1 aliphatic rings. The smallest absolute Gasteiger partial charge is 0.251 e. The van der Waals surface area contributed by atoms with Crippen molar-refractivity contribution < 1.29 is 14.3 Å². The number of benzene rings is 1. The van der Waals surface area contributed by atoms with E-state index in [9.17, 15) is 14.3 Å². The van der Waals surface area contributed by atoms with Crippen LogP contribution in [0.5, 0.6) is 0 Å². The lowest BCUT2D eigenvalue weighted by Gasteiger charge is -2.22. The molecule has 1 saturated carbocycles. The molecule has 0 unspecified atom stereocenters. The van der Waals surface area contributed by atoms with Gasteiger partial charge in [0, 0.05) is 29.2 Å². The zero-order valence-corrected chi connectivity index (χ0v) is 18.1. The molecule has 1 amide bonds. The fourth-order valence-electron chi connectivity index (χ4n) is 4.04. The number of aromatic nitrogens is 2. The second kappa shape index (κ2) is 7.54. The summed E-state index contributed by atoms with van der Waals surface area (Å²) in [5.41, 5.74) is 2.90. The van der Waals surface area contributed by atoms with Gasteiger partial charge in [0.25, 0.3) is 5.91 Å². The third kappa shape index (κ3) is 4.08. The minimum absolute atomic E-state index is 0.236. The molecule has 0 bridgehead atoms.